The molecule has 2 aromatic rings. The number of nitrogens with zero attached hydrogens (tertiary/aromatic N) is 3. The van der Waals surface area contributed by atoms with Crippen molar-refractivity contribution in [2.75, 3.05) is 0 Å². The number of nitrogens with two attached hydrogens (primary N) is 1. The molecular weight excluding hydrogens is 236 g/mol. The molecule has 2 N–H and O–H groups in total. The Morgan fingerprint density at radius 1 is 1.35 bits per heavy atom. The molecule has 0 saturated heterocycles. The van der Waals surface area contributed by atoms with Crippen LogP contribution in [0.5, 0.6) is 0 Å². The minimum absolute atomic E-state index is 0.133. The number of benzene rings is 1. The van der Waals surface area contributed by atoms with Gasteiger partial charge in [0.05, 0.1) is 16.4 Å². The average molecular weight is 251 g/mol. The van der Waals surface area contributed by atoms with Gasteiger partial charge in [0.25, 0.3) is 0 Å². The third kappa shape index (κ3) is 2.06. The molecule has 4 nitrogen and oxygen atoms in total. The van der Waals surface area contributed by atoms with Crippen molar-refractivity contribution in [3.63, 3.8) is 0 Å². The highest BCUT2D eigenvalue weighted by atomic mass is 35.5. The van der Waals surface area contributed by atoms with E-state index in [9.17, 15) is 0 Å². The van der Waals surface area contributed by atoms with Gasteiger partial charge in [-0.3, -0.25) is 0 Å². The number of para-hydroxylation sites is 1. The van der Waals surface area contributed by atoms with Gasteiger partial charge in [-0.05, 0) is 32.4 Å². The normalized spacial score (nSPS) is 12.8. The molecule has 0 spiro atoms. The molecule has 0 aliphatic carbocycles. The van der Waals surface area contributed by atoms with E-state index in [0.29, 0.717) is 5.02 Å². The lowest BCUT2D eigenvalue weighted by Crippen LogP contribution is -2.08. The van der Waals surface area contributed by atoms with E-state index in [1.54, 1.807) is 4.68 Å². The van der Waals surface area contributed by atoms with E-state index in [4.69, 9.17) is 17.3 Å². The molecule has 90 valence electrons. The van der Waals surface area contributed by atoms with Crippen LogP contribution in [0.15, 0.2) is 18.2 Å². The Balaban J connectivity index is 2.62. The Kier molecular flexibility index (Phi) is 3.17. The first-order valence-electron chi connectivity index (χ1n) is 5.45. The third-order valence-electron chi connectivity index (χ3n) is 2.76. The third-order valence-corrected chi connectivity index (χ3v) is 3.07. The summed E-state index contributed by atoms with van der Waals surface area (Å²) in [5, 5.41) is 8.90. The average Bonchev–Trinajstić information content (AvgIpc) is 2.61. The molecule has 17 heavy (non-hydrogen) atoms. The molecule has 2 rings (SSSR count). The van der Waals surface area contributed by atoms with Crippen molar-refractivity contribution in [1.82, 2.24) is 15.0 Å². The Bertz CT molecular complexity index is 525. The molecule has 0 fully saturated rings. The Morgan fingerprint density at radius 2 is 2.06 bits per heavy atom. The lowest BCUT2D eigenvalue weighted by Gasteiger charge is -2.10. The maximum Gasteiger partial charge on any atom is 0.102 e. The highest BCUT2D eigenvalue weighted by molar-refractivity contribution is 6.32. The number of rotatable bonds is 2. The topological polar surface area (TPSA) is 56.7 Å². The number of aromatic nitrogens is 3. The van der Waals surface area contributed by atoms with E-state index < -0.39 is 0 Å². The second-order valence-electron chi connectivity index (χ2n) is 4.17. The molecule has 0 saturated carbocycles. The van der Waals surface area contributed by atoms with Crippen LogP contribution in [0.4, 0.5) is 0 Å². The number of halogens is 1. The molecule has 0 amide bonds. The zero-order valence-corrected chi connectivity index (χ0v) is 10.9. The van der Waals surface area contributed by atoms with E-state index in [1.807, 2.05) is 39.0 Å². The van der Waals surface area contributed by atoms with Crippen molar-refractivity contribution in [3.8, 4) is 5.69 Å². The van der Waals surface area contributed by atoms with Crippen molar-refractivity contribution >= 4 is 11.6 Å². The fraction of sp³-hybridized carbons (Fsp3) is 0.333. The van der Waals surface area contributed by atoms with Crippen molar-refractivity contribution in [1.29, 1.82) is 0 Å². The van der Waals surface area contributed by atoms with Gasteiger partial charge in [0.15, 0.2) is 0 Å². The van der Waals surface area contributed by atoms with Gasteiger partial charge < -0.3 is 5.73 Å². The fourth-order valence-corrected chi connectivity index (χ4v) is 2.17. The monoisotopic (exact) mass is 250 g/mol. The number of hydrogen-bond donors (Lipinski definition) is 1. The Hall–Kier alpha value is -1.39. The maximum atomic E-state index is 6.20. The van der Waals surface area contributed by atoms with Crippen LogP contribution in [0.3, 0.4) is 0 Å². The summed E-state index contributed by atoms with van der Waals surface area (Å²) in [7, 11) is 0. The summed E-state index contributed by atoms with van der Waals surface area (Å²) in [6, 6.07) is 5.62. The highest BCUT2D eigenvalue weighted by Crippen LogP contribution is 2.25. The van der Waals surface area contributed by atoms with E-state index in [-0.39, 0.29) is 6.04 Å². The second-order valence-corrected chi connectivity index (χ2v) is 4.57. The molecule has 0 bridgehead atoms. The fourth-order valence-electron chi connectivity index (χ4n) is 1.87. The summed E-state index contributed by atoms with van der Waals surface area (Å²) < 4.78 is 1.75. The number of hydrogen-bond acceptors (Lipinski definition) is 3. The molecule has 1 aromatic carbocycles. The molecule has 0 radical (unpaired) electrons. The van der Waals surface area contributed by atoms with Crippen LogP contribution in [0, 0.1) is 13.8 Å². The SMILES string of the molecule is Cc1cccc(Cl)c1-n1nnc(C(C)N)c1C. The Morgan fingerprint density at radius 3 is 2.59 bits per heavy atom. The minimum Gasteiger partial charge on any atom is -0.323 e. The van der Waals surface area contributed by atoms with Crippen LogP contribution in [0.25, 0.3) is 5.69 Å². The van der Waals surface area contributed by atoms with Crippen LogP contribution < -0.4 is 5.73 Å². The molecule has 1 aromatic heterocycles. The van der Waals surface area contributed by atoms with Gasteiger partial charge in [0.1, 0.15) is 5.69 Å². The van der Waals surface area contributed by atoms with Crippen molar-refractivity contribution in [2.45, 2.75) is 26.8 Å². The summed E-state index contributed by atoms with van der Waals surface area (Å²) in [6.07, 6.45) is 0. The van der Waals surface area contributed by atoms with Crippen LogP contribution >= 0.6 is 11.6 Å². The quantitative estimate of drug-likeness (QED) is 0.891. The lowest BCUT2D eigenvalue weighted by atomic mass is 10.2. The van der Waals surface area contributed by atoms with E-state index in [2.05, 4.69) is 10.3 Å². The standard InChI is InChI=1S/C12H15ClN4/c1-7-5-4-6-10(13)12(7)17-9(3)11(8(2)14)15-16-17/h4-6,8H,14H2,1-3H3. The maximum absolute atomic E-state index is 6.20. The predicted octanol–water partition coefficient (Wildman–Crippen LogP) is 2.56. The van der Waals surface area contributed by atoms with Crippen LogP contribution in [0.2, 0.25) is 5.02 Å². The first-order valence-corrected chi connectivity index (χ1v) is 5.83. The van der Waals surface area contributed by atoms with Crippen LogP contribution in [-0.2, 0) is 0 Å². The molecule has 0 aliphatic rings. The summed E-state index contributed by atoms with van der Waals surface area (Å²) in [5.41, 5.74) is 9.48. The molecule has 1 heterocycles. The van der Waals surface area contributed by atoms with E-state index in [1.165, 1.54) is 0 Å². The predicted molar refractivity (Wildman–Crippen MR) is 68.4 cm³/mol. The smallest absolute Gasteiger partial charge is 0.102 e. The van der Waals surface area contributed by atoms with Gasteiger partial charge in [-0.1, -0.05) is 28.9 Å². The van der Waals surface area contributed by atoms with Crippen LogP contribution in [-0.4, -0.2) is 15.0 Å². The van der Waals surface area contributed by atoms with Crippen molar-refractivity contribution in [2.24, 2.45) is 5.73 Å². The van der Waals surface area contributed by atoms with Gasteiger partial charge >= 0.3 is 0 Å². The van der Waals surface area contributed by atoms with Gasteiger partial charge in [-0.2, -0.15) is 0 Å². The number of aryl methyl sites for hydroxylation is 1. The summed E-state index contributed by atoms with van der Waals surface area (Å²) in [5.74, 6) is 0. The largest absolute Gasteiger partial charge is 0.323 e. The second kappa shape index (κ2) is 4.47. The van der Waals surface area contributed by atoms with Gasteiger partial charge in [0.2, 0.25) is 0 Å². The molecule has 1 atom stereocenters. The summed E-state index contributed by atoms with van der Waals surface area (Å²) in [4.78, 5) is 0. The molecular formula is C12H15ClN4. The van der Waals surface area contributed by atoms with Crippen molar-refractivity contribution in [3.05, 3.63) is 40.2 Å². The highest BCUT2D eigenvalue weighted by Gasteiger charge is 2.16. The van der Waals surface area contributed by atoms with Gasteiger partial charge in [0, 0.05) is 6.04 Å². The zero-order valence-electron chi connectivity index (χ0n) is 10.1. The van der Waals surface area contributed by atoms with Gasteiger partial charge in [-0.25, -0.2) is 4.68 Å². The first-order chi connectivity index (χ1) is 8.02. The van der Waals surface area contributed by atoms with Crippen LogP contribution in [0.1, 0.15) is 29.9 Å². The van der Waals surface area contributed by atoms with Gasteiger partial charge in [-0.15, -0.1) is 5.10 Å². The van der Waals surface area contributed by atoms with E-state index >= 15 is 0 Å². The van der Waals surface area contributed by atoms with Crippen molar-refractivity contribution < 1.29 is 0 Å². The molecule has 5 heteroatoms. The first kappa shape index (κ1) is 12.1. The summed E-state index contributed by atoms with van der Waals surface area (Å²) in [6.45, 7) is 5.83. The summed E-state index contributed by atoms with van der Waals surface area (Å²) >= 11 is 6.20. The van der Waals surface area contributed by atoms with E-state index in [0.717, 1.165) is 22.6 Å². The minimum atomic E-state index is -0.133. The molecule has 1 unspecified atom stereocenters. The molecule has 0 aliphatic heterocycles. The zero-order chi connectivity index (χ0) is 12.6. The lowest BCUT2D eigenvalue weighted by molar-refractivity contribution is 0.755. The Labute approximate surface area is 105 Å².